The number of aryl methyl sites for hydroxylation is 2. The highest BCUT2D eigenvalue weighted by molar-refractivity contribution is 5.68. The summed E-state index contributed by atoms with van der Waals surface area (Å²) in [5.74, 6) is 0.593. The molecule has 0 amide bonds. The second-order valence-electron chi connectivity index (χ2n) is 5.85. The van der Waals surface area contributed by atoms with Gasteiger partial charge in [0.1, 0.15) is 5.75 Å². The van der Waals surface area contributed by atoms with Crippen molar-refractivity contribution in [1.29, 1.82) is 0 Å². The molecule has 5 nitrogen and oxygen atoms in total. The first kappa shape index (κ1) is 16.1. The minimum Gasteiger partial charge on any atom is -0.493 e. The molecule has 1 aromatic carbocycles. The van der Waals surface area contributed by atoms with Gasteiger partial charge in [-0.05, 0) is 19.4 Å². The van der Waals surface area contributed by atoms with Gasteiger partial charge in [-0.3, -0.25) is 9.48 Å². The van der Waals surface area contributed by atoms with Crippen LogP contribution in [0.4, 0.5) is 0 Å². The van der Waals surface area contributed by atoms with Crippen LogP contribution in [0.5, 0.6) is 5.75 Å². The average Bonchev–Trinajstić information content (AvgIpc) is 3.01. The Kier molecular flexibility index (Phi) is 4.51. The maximum Gasteiger partial charge on any atom is 0.254 e. The lowest BCUT2D eigenvalue weighted by molar-refractivity contribution is 0.340. The molecule has 0 atom stereocenters. The third-order valence-corrected chi connectivity index (χ3v) is 3.90. The molecule has 2 aromatic heterocycles. The molecule has 0 unspecified atom stereocenters. The SMILES string of the molecule is CCOc1cc(=O)n(C)cc1-c1cnn(Cc2ccc(C)cc2)c1. The summed E-state index contributed by atoms with van der Waals surface area (Å²) in [5, 5.41) is 4.44. The van der Waals surface area contributed by atoms with E-state index in [0.717, 1.165) is 11.1 Å². The molecular weight excluding hydrogens is 302 g/mol. The minimum atomic E-state index is -0.0887. The molecule has 24 heavy (non-hydrogen) atoms. The van der Waals surface area contributed by atoms with Crippen molar-refractivity contribution in [1.82, 2.24) is 14.3 Å². The smallest absolute Gasteiger partial charge is 0.254 e. The Morgan fingerprint density at radius 1 is 1.17 bits per heavy atom. The van der Waals surface area contributed by atoms with Gasteiger partial charge in [0, 0.05) is 36.6 Å². The number of hydrogen-bond donors (Lipinski definition) is 0. The van der Waals surface area contributed by atoms with Gasteiger partial charge in [-0.15, -0.1) is 0 Å². The molecule has 0 bridgehead atoms. The molecule has 0 saturated carbocycles. The van der Waals surface area contributed by atoms with E-state index in [4.69, 9.17) is 4.74 Å². The van der Waals surface area contributed by atoms with Crippen molar-refractivity contribution in [2.24, 2.45) is 7.05 Å². The predicted molar refractivity (Wildman–Crippen MR) is 94.4 cm³/mol. The summed E-state index contributed by atoms with van der Waals surface area (Å²) >= 11 is 0. The highest BCUT2D eigenvalue weighted by atomic mass is 16.5. The molecule has 0 fully saturated rings. The monoisotopic (exact) mass is 323 g/mol. The second kappa shape index (κ2) is 6.74. The van der Waals surface area contributed by atoms with E-state index in [1.165, 1.54) is 17.2 Å². The Hall–Kier alpha value is -2.82. The number of pyridine rings is 1. The van der Waals surface area contributed by atoms with Crippen molar-refractivity contribution in [2.45, 2.75) is 20.4 Å². The number of rotatable bonds is 5. The molecule has 3 aromatic rings. The number of nitrogens with zero attached hydrogens (tertiary/aromatic N) is 3. The van der Waals surface area contributed by atoms with Crippen molar-refractivity contribution in [3.8, 4) is 16.9 Å². The van der Waals surface area contributed by atoms with Crippen molar-refractivity contribution in [3.05, 3.63) is 70.4 Å². The maximum atomic E-state index is 11.8. The molecule has 0 N–H and O–H groups in total. The van der Waals surface area contributed by atoms with Crippen molar-refractivity contribution >= 4 is 0 Å². The van der Waals surface area contributed by atoms with E-state index in [9.17, 15) is 4.79 Å². The van der Waals surface area contributed by atoms with Gasteiger partial charge in [0.15, 0.2) is 0 Å². The Morgan fingerprint density at radius 3 is 2.62 bits per heavy atom. The lowest BCUT2D eigenvalue weighted by Crippen LogP contribution is -2.15. The summed E-state index contributed by atoms with van der Waals surface area (Å²) in [6, 6.07) is 9.93. The van der Waals surface area contributed by atoms with E-state index in [2.05, 4.69) is 36.3 Å². The summed E-state index contributed by atoms with van der Waals surface area (Å²) < 4.78 is 9.06. The van der Waals surface area contributed by atoms with E-state index in [1.807, 2.05) is 17.8 Å². The van der Waals surface area contributed by atoms with Crippen LogP contribution in [-0.2, 0) is 13.6 Å². The van der Waals surface area contributed by atoms with E-state index < -0.39 is 0 Å². The van der Waals surface area contributed by atoms with Gasteiger partial charge < -0.3 is 9.30 Å². The van der Waals surface area contributed by atoms with Gasteiger partial charge in [-0.2, -0.15) is 5.10 Å². The highest BCUT2D eigenvalue weighted by Crippen LogP contribution is 2.28. The number of benzene rings is 1. The third kappa shape index (κ3) is 3.40. The Balaban J connectivity index is 1.91. The summed E-state index contributed by atoms with van der Waals surface area (Å²) in [5.41, 5.74) is 4.15. The average molecular weight is 323 g/mol. The van der Waals surface area contributed by atoms with Crippen LogP contribution in [0.25, 0.3) is 11.1 Å². The highest BCUT2D eigenvalue weighted by Gasteiger charge is 2.11. The Morgan fingerprint density at radius 2 is 1.92 bits per heavy atom. The second-order valence-corrected chi connectivity index (χ2v) is 5.85. The molecule has 0 aliphatic carbocycles. The summed E-state index contributed by atoms with van der Waals surface area (Å²) in [7, 11) is 1.73. The van der Waals surface area contributed by atoms with Crippen LogP contribution in [0, 0.1) is 6.92 Å². The summed E-state index contributed by atoms with van der Waals surface area (Å²) in [6.45, 7) is 5.19. The molecule has 0 spiro atoms. The van der Waals surface area contributed by atoms with Crippen LogP contribution in [0.3, 0.4) is 0 Å². The Bertz CT molecular complexity index is 892. The van der Waals surface area contributed by atoms with Gasteiger partial charge in [0.2, 0.25) is 0 Å². The zero-order chi connectivity index (χ0) is 17.1. The first-order valence-electron chi connectivity index (χ1n) is 7.98. The van der Waals surface area contributed by atoms with Crippen LogP contribution in [0.15, 0.2) is 53.7 Å². The molecule has 2 heterocycles. The fraction of sp³-hybridized carbons (Fsp3) is 0.263. The first-order chi connectivity index (χ1) is 11.6. The molecule has 0 aliphatic rings. The van der Waals surface area contributed by atoms with E-state index in [0.29, 0.717) is 18.9 Å². The zero-order valence-corrected chi connectivity index (χ0v) is 14.2. The molecule has 0 aliphatic heterocycles. The van der Waals surface area contributed by atoms with Crippen LogP contribution in [-0.4, -0.2) is 21.0 Å². The molecule has 0 radical (unpaired) electrons. The maximum absolute atomic E-state index is 11.8. The van der Waals surface area contributed by atoms with Crippen molar-refractivity contribution in [3.63, 3.8) is 0 Å². The van der Waals surface area contributed by atoms with Gasteiger partial charge in [-0.1, -0.05) is 29.8 Å². The van der Waals surface area contributed by atoms with Crippen LogP contribution in [0.1, 0.15) is 18.1 Å². The summed E-state index contributed by atoms with van der Waals surface area (Å²) in [4.78, 5) is 11.8. The number of ether oxygens (including phenoxy) is 1. The number of hydrogen-bond acceptors (Lipinski definition) is 3. The van der Waals surface area contributed by atoms with Crippen LogP contribution in [0.2, 0.25) is 0 Å². The minimum absolute atomic E-state index is 0.0887. The molecule has 124 valence electrons. The third-order valence-electron chi connectivity index (χ3n) is 3.90. The molecule has 0 saturated heterocycles. The van der Waals surface area contributed by atoms with E-state index in [1.54, 1.807) is 24.0 Å². The molecule has 5 heteroatoms. The molecule has 3 rings (SSSR count). The van der Waals surface area contributed by atoms with Crippen LogP contribution >= 0.6 is 0 Å². The Labute approximate surface area is 141 Å². The predicted octanol–water partition coefficient (Wildman–Crippen LogP) is 3.00. The van der Waals surface area contributed by atoms with Gasteiger partial charge in [-0.25, -0.2) is 0 Å². The van der Waals surface area contributed by atoms with Gasteiger partial charge in [0.05, 0.1) is 19.3 Å². The van der Waals surface area contributed by atoms with Gasteiger partial charge in [0.25, 0.3) is 5.56 Å². The van der Waals surface area contributed by atoms with Gasteiger partial charge >= 0.3 is 0 Å². The summed E-state index contributed by atoms with van der Waals surface area (Å²) in [6.07, 6.45) is 5.57. The van der Waals surface area contributed by atoms with Crippen molar-refractivity contribution in [2.75, 3.05) is 6.61 Å². The fourth-order valence-corrected chi connectivity index (χ4v) is 2.57. The normalized spacial score (nSPS) is 10.8. The van der Waals surface area contributed by atoms with Crippen LogP contribution < -0.4 is 10.3 Å². The fourth-order valence-electron chi connectivity index (χ4n) is 2.57. The first-order valence-corrected chi connectivity index (χ1v) is 7.98. The van der Waals surface area contributed by atoms with E-state index >= 15 is 0 Å². The topological polar surface area (TPSA) is 49.1 Å². The number of aromatic nitrogens is 3. The van der Waals surface area contributed by atoms with Crippen molar-refractivity contribution < 1.29 is 4.74 Å². The quantitative estimate of drug-likeness (QED) is 0.725. The molecular formula is C19H21N3O2. The standard InChI is InChI=1S/C19H21N3O2/c1-4-24-18-9-19(23)21(3)13-17(18)16-10-20-22(12-16)11-15-7-5-14(2)6-8-15/h5-10,12-13H,4,11H2,1-3H3. The lowest BCUT2D eigenvalue weighted by Gasteiger charge is -2.10. The zero-order valence-electron chi connectivity index (χ0n) is 14.2. The largest absolute Gasteiger partial charge is 0.493 e. The van der Waals surface area contributed by atoms with E-state index in [-0.39, 0.29) is 5.56 Å². The lowest BCUT2D eigenvalue weighted by atomic mass is 10.1.